The number of hydrogen-bond donors (Lipinski definition) is 1. The number of carbonyl (C=O) groups is 2. The zero-order valence-electron chi connectivity index (χ0n) is 19.6. The van der Waals surface area contributed by atoms with Gasteiger partial charge in [0, 0.05) is 24.5 Å². The van der Waals surface area contributed by atoms with Crippen molar-refractivity contribution in [3.05, 3.63) is 89.7 Å². The van der Waals surface area contributed by atoms with Crippen LogP contribution in [0.2, 0.25) is 0 Å². The predicted molar refractivity (Wildman–Crippen MR) is 134 cm³/mol. The van der Waals surface area contributed by atoms with Crippen LogP contribution in [0, 0.1) is 6.92 Å². The molecular weight excluding hydrogens is 462 g/mol. The maximum absolute atomic E-state index is 12.9. The van der Waals surface area contributed by atoms with Gasteiger partial charge in [-0.15, -0.1) is 10.2 Å². The SMILES string of the molecule is COC(=O)c1ccc(CNC(=O)C(C)Sc2nnc(-c3cccnc3)n2-c2ccccc2C)cc1. The number of nitrogens with one attached hydrogen (secondary N) is 1. The predicted octanol–water partition coefficient (Wildman–Crippen LogP) is 4.22. The highest BCUT2D eigenvalue weighted by Crippen LogP contribution is 2.31. The first-order chi connectivity index (χ1) is 17.0. The van der Waals surface area contributed by atoms with Crippen molar-refractivity contribution >= 4 is 23.6 Å². The number of benzene rings is 2. The molecule has 0 aliphatic heterocycles. The zero-order chi connectivity index (χ0) is 24.8. The van der Waals surface area contributed by atoms with Gasteiger partial charge in [0.05, 0.1) is 23.6 Å². The second-order valence-corrected chi connectivity index (χ2v) is 9.14. The number of thioether (sulfide) groups is 1. The number of methoxy groups -OCH3 is 1. The average molecular weight is 488 g/mol. The number of amides is 1. The van der Waals surface area contributed by atoms with E-state index in [1.165, 1.54) is 18.9 Å². The molecule has 4 rings (SSSR count). The van der Waals surface area contributed by atoms with Crippen molar-refractivity contribution in [1.29, 1.82) is 0 Å². The Balaban J connectivity index is 1.51. The van der Waals surface area contributed by atoms with Crippen molar-refractivity contribution in [1.82, 2.24) is 25.1 Å². The van der Waals surface area contributed by atoms with Gasteiger partial charge in [-0.3, -0.25) is 14.3 Å². The lowest BCUT2D eigenvalue weighted by Gasteiger charge is -2.15. The molecule has 0 aliphatic carbocycles. The van der Waals surface area contributed by atoms with Crippen LogP contribution in [0.5, 0.6) is 0 Å². The summed E-state index contributed by atoms with van der Waals surface area (Å²) < 4.78 is 6.68. The summed E-state index contributed by atoms with van der Waals surface area (Å²) in [6, 6.07) is 18.7. The Morgan fingerprint density at radius 2 is 1.83 bits per heavy atom. The average Bonchev–Trinajstić information content (AvgIpc) is 3.31. The van der Waals surface area contributed by atoms with Gasteiger partial charge in [-0.1, -0.05) is 42.1 Å². The van der Waals surface area contributed by atoms with Gasteiger partial charge >= 0.3 is 5.97 Å². The summed E-state index contributed by atoms with van der Waals surface area (Å²) in [5, 5.41) is 12.0. The largest absolute Gasteiger partial charge is 0.465 e. The summed E-state index contributed by atoms with van der Waals surface area (Å²) in [5.74, 6) is 0.136. The third-order valence-electron chi connectivity index (χ3n) is 5.40. The smallest absolute Gasteiger partial charge is 0.337 e. The van der Waals surface area contributed by atoms with E-state index in [1.54, 1.807) is 36.7 Å². The minimum atomic E-state index is -0.418. The Kier molecular flexibility index (Phi) is 7.57. The van der Waals surface area contributed by atoms with E-state index in [0.717, 1.165) is 22.4 Å². The number of aromatic nitrogens is 4. The number of esters is 1. The molecule has 1 N–H and O–H groups in total. The highest BCUT2D eigenvalue weighted by atomic mass is 32.2. The highest BCUT2D eigenvalue weighted by Gasteiger charge is 2.22. The van der Waals surface area contributed by atoms with E-state index in [1.807, 2.05) is 54.8 Å². The first-order valence-electron chi connectivity index (χ1n) is 11.0. The fourth-order valence-corrected chi connectivity index (χ4v) is 4.37. The van der Waals surface area contributed by atoms with Crippen LogP contribution < -0.4 is 5.32 Å². The van der Waals surface area contributed by atoms with Crippen LogP contribution in [0.4, 0.5) is 0 Å². The van der Waals surface area contributed by atoms with E-state index in [9.17, 15) is 9.59 Å². The van der Waals surface area contributed by atoms with Crippen LogP contribution in [0.15, 0.2) is 78.2 Å². The molecule has 1 atom stereocenters. The Morgan fingerprint density at radius 3 is 2.51 bits per heavy atom. The van der Waals surface area contributed by atoms with Crippen molar-refractivity contribution < 1.29 is 14.3 Å². The van der Waals surface area contributed by atoms with Crippen molar-refractivity contribution in [3.63, 3.8) is 0 Å². The molecule has 0 aliphatic rings. The monoisotopic (exact) mass is 487 g/mol. The van der Waals surface area contributed by atoms with Crippen LogP contribution in [-0.4, -0.2) is 44.0 Å². The van der Waals surface area contributed by atoms with Crippen molar-refractivity contribution in [2.45, 2.75) is 30.8 Å². The van der Waals surface area contributed by atoms with Gasteiger partial charge in [-0.25, -0.2) is 4.79 Å². The van der Waals surface area contributed by atoms with Crippen LogP contribution in [0.3, 0.4) is 0 Å². The summed E-state index contributed by atoms with van der Waals surface area (Å²) in [4.78, 5) is 28.7. The van der Waals surface area contributed by atoms with Gasteiger partial charge in [0.2, 0.25) is 5.91 Å². The van der Waals surface area contributed by atoms with Gasteiger partial charge in [0.1, 0.15) is 0 Å². The second kappa shape index (κ2) is 11.0. The summed E-state index contributed by atoms with van der Waals surface area (Å²) in [6.45, 7) is 4.20. The lowest BCUT2D eigenvalue weighted by Crippen LogP contribution is -2.30. The van der Waals surface area contributed by atoms with Gasteiger partial charge in [-0.05, 0) is 55.3 Å². The molecule has 2 heterocycles. The van der Waals surface area contributed by atoms with Gasteiger partial charge in [0.15, 0.2) is 11.0 Å². The van der Waals surface area contributed by atoms with Gasteiger partial charge in [0.25, 0.3) is 0 Å². The van der Waals surface area contributed by atoms with E-state index in [2.05, 4.69) is 20.5 Å². The molecule has 0 spiro atoms. The number of hydrogen-bond acceptors (Lipinski definition) is 7. The van der Waals surface area contributed by atoms with Crippen molar-refractivity contribution in [2.75, 3.05) is 7.11 Å². The number of nitrogens with zero attached hydrogens (tertiary/aromatic N) is 4. The van der Waals surface area contributed by atoms with E-state index in [4.69, 9.17) is 4.74 Å². The Labute approximate surface area is 207 Å². The standard InChI is InChI=1S/C26H25N5O3S/c1-17-7-4-5-9-22(17)31-23(21-8-6-14-27-16-21)29-30-26(31)35-18(2)24(32)28-15-19-10-12-20(13-11-19)25(33)34-3/h4-14,16,18H,15H2,1-3H3,(H,28,32). The minimum absolute atomic E-state index is 0.130. The lowest BCUT2D eigenvalue weighted by molar-refractivity contribution is -0.120. The Morgan fingerprint density at radius 1 is 1.06 bits per heavy atom. The summed E-state index contributed by atoms with van der Waals surface area (Å²) in [6.07, 6.45) is 3.46. The van der Waals surface area contributed by atoms with Crippen LogP contribution in [-0.2, 0) is 16.1 Å². The molecule has 1 amide bonds. The van der Waals surface area contributed by atoms with E-state index in [0.29, 0.717) is 23.1 Å². The van der Waals surface area contributed by atoms with Gasteiger partial charge in [-0.2, -0.15) is 0 Å². The maximum Gasteiger partial charge on any atom is 0.337 e. The van der Waals surface area contributed by atoms with E-state index < -0.39 is 11.2 Å². The highest BCUT2D eigenvalue weighted by molar-refractivity contribution is 8.00. The molecule has 0 fully saturated rings. The molecule has 1 unspecified atom stereocenters. The molecule has 0 bridgehead atoms. The molecule has 0 saturated heterocycles. The fourth-order valence-electron chi connectivity index (χ4n) is 3.48. The quantitative estimate of drug-likeness (QED) is 0.293. The molecule has 4 aromatic rings. The number of para-hydroxylation sites is 1. The molecule has 0 radical (unpaired) electrons. The third-order valence-corrected chi connectivity index (χ3v) is 6.45. The fraction of sp³-hybridized carbons (Fsp3) is 0.192. The number of pyridine rings is 1. The van der Waals surface area contributed by atoms with E-state index >= 15 is 0 Å². The number of ether oxygens (including phenoxy) is 1. The maximum atomic E-state index is 12.9. The number of aryl methyl sites for hydroxylation is 1. The van der Waals surface area contributed by atoms with E-state index in [-0.39, 0.29) is 5.91 Å². The normalized spacial score (nSPS) is 11.6. The lowest BCUT2D eigenvalue weighted by atomic mass is 10.1. The molecule has 2 aromatic heterocycles. The first-order valence-corrected chi connectivity index (χ1v) is 11.9. The van der Waals surface area contributed by atoms with Crippen LogP contribution in [0.25, 0.3) is 17.1 Å². The Bertz CT molecular complexity index is 1320. The summed E-state index contributed by atoms with van der Waals surface area (Å²) in [7, 11) is 1.34. The molecule has 0 saturated carbocycles. The van der Waals surface area contributed by atoms with Crippen molar-refractivity contribution in [2.24, 2.45) is 0 Å². The summed E-state index contributed by atoms with van der Waals surface area (Å²) in [5.41, 5.74) is 4.18. The topological polar surface area (TPSA) is 99.0 Å². The molecule has 8 nitrogen and oxygen atoms in total. The molecule has 35 heavy (non-hydrogen) atoms. The van der Waals surface area contributed by atoms with Crippen LogP contribution in [0.1, 0.15) is 28.4 Å². The Hall–Kier alpha value is -3.98. The molecule has 178 valence electrons. The van der Waals surface area contributed by atoms with Gasteiger partial charge < -0.3 is 10.1 Å². The minimum Gasteiger partial charge on any atom is -0.465 e. The third kappa shape index (κ3) is 5.58. The zero-order valence-corrected chi connectivity index (χ0v) is 20.5. The molecule has 2 aromatic carbocycles. The number of rotatable bonds is 8. The number of carbonyl (C=O) groups excluding carboxylic acids is 2. The first kappa shape index (κ1) is 24.2. The second-order valence-electron chi connectivity index (χ2n) is 7.84. The summed E-state index contributed by atoms with van der Waals surface area (Å²) >= 11 is 1.34. The molecule has 9 heteroatoms. The van der Waals surface area contributed by atoms with Crippen molar-refractivity contribution in [3.8, 4) is 17.1 Å². The van der Waals surface area contributed by atoms with Crippen LogP contribution >= 0.6 is 11.8 Å². The molecular formula is C26H25N5O3S.